The van der Waals surface area contributed by atoms with Gasteiger partial charge in [-0.2, -0.15) is 0 Å². The highest BCUT2D eigenvalue weighted by atomic mass is 16.5. The van der Waals surface area contributed by atoms with Crippen LogP contribution in [0.2, 0.25) is 0 Å². The molecule has 3 atom stereocenters. The average molecular weight is 941 g/mol. The second-order valence-corrected chi connectivity index (χ2v) is 20.1. The molecule has 0 rings (SSSR count). The fourth-order valence-electron chi connectivity index (χ4n) is 9.03. The first-order chi connectivity index (χ1) is 33.0. The van der Waals surface area contributed by atoms with Crippen LogP contribution in [0.4, 0.5) is 0 Å². The van der Waals surface area contributed by atoms with Gasteiger partial charge in [-0.3, -0.25) is 9.59 Å². The Balaban J connectivity index is 4.60. The summed E-state index contributed by atoms with van der Waals surface area (Å²) in [5.41, 5.74) is 0. The summed E-state index contributed by atoms with van der Waals surface area (Å²) in [6, 6.07) is -0.714. The standard InChI is InChI=1S/C61H113NO5/c1-4-7-10-13-16-19-22-25-28-31-34-37-40-43-46-49-52-57(67-61(66)54-51-48-45-42-39-36-33-30-27-24-21-18-15-12-9-6-3)55-60(65)62-58(56-63)59(64)53-50-47-44-41-38-35-32-29-26-23-20-17-14-11-8-5-2/h16,19,22,25,28,31,34,37,57-59,63-64H,4-15,17-18,20-21,23-24,26-27,29-30,32-33,35-36,38-56H2,1-3H3,(H,62,65)/b19-16+,25-22+,31-28+,37-34+. The number of allylic oxidation sites excluding steroid dienone is 8. The fraction of sp³-hybridized carbons (Fsp3) is 0.836. The number of carbonyl (C=O) groups is 2. The van der Waals surface area contributed by atoms with Crippen LogP contribution in [-0.2, 0) is 14.3 Å². The van der Waals surface area contributed by atoms with Crippen molar-refractivity contribution >= 4 is 11.9 Å². The summed E-state index contributed by atoms with van der Waals surface area (Å²) >= 11 is 0. The highest BCUT2D eigenvalue weighted by Crippen LogP contribution is 2.18. The second kappa shape index (κ2) is 54.8. The summed E-state index contributed by atoms with van der Waals surface area (Å²) in [5.74, 6) is -0.498. The predicted molar refractivity (Wildman–Crippen MR) is 292 cm³/mol. The number of nitrogens with one attached hydrogen (secondary N) is 1. The molecular formula is C61H113NO5. The first-order valence-electron chi connectivity index (χ1n) is 29.4. The van der Waals surface area contributed by atoms with Crippen molar-refractivity contribution in [3.8, 4) is 0 Å². The van der Waals surface area contributed by atoms with Crippen molar-refractivity contribution in [3.05, 3.63) is 48.6 Å². The molecule has 0 heterocycles. The van der Waals surface area contributed by atoms with E-state index in [1.54, 1.807) is 0 Å². The normalized spacial score (nSPS) is 13.4. The van der Waals surface area contributed by atoms with Gasteiger partial charge in [-0.15, -0.1) is 0 Å². The Labute approximate surface area is 416 Å². The smallest absolute Gasteiger partial charge is 0.306 e. The minimum absolute atomic E-state index is 0.0547. The van der Waals surface area contributed by atoms with Crippen LogP contribution in [0.15, 0.2) is 48.6 Å². The van der Waals surface area contributed by atoms with Gasteiger partial charge in [0.1, 0.15) is 6.10 Å². The quantitative estimate of drug-likeness (QED) is 0.0321. The average Bonchev–Trinajstić information content (AvgIpc) is 3.32. The van der Waals surface area contributed by atoms with Gasteiger partial charge in [0.05, 0.1) is 25.2 Å². The van der Waals surface area contributed by atoms with Crippen molar-refractivity contribution in [2.75, 3.05) is 6.61 Å². The summed E-state index contributed by atoms with van der Waals surface area (Å²) in [7, 11) is 0. The predicted octanol–water partition coefficient (Wildman–Crippen LogP) is 18.2. The largest absolute Gasteiger partial charge is 0.462 e. The summed E-state index contributed by atoms with van der Waals surface area (Å²) in [6.45, 7) is 6.47. The Bertz CT molecular complexity index is 1150. The van der Waals surface area contributed by atoms with Gasteiger partial charge >= 0.3 is 5.97 Å². The number of carbonyl (C=O) groups excluding carboxylic acids is 2. The molecule has 392 valence electrons. The van der Waals surface area contributed by atoms with Crippen LogP contribution in [-0.4, -0.2) is 46.9 Å². The maximum Gasteiger partial charge on any atom is 0.306 e. The van der Waals surface area contributed by atoms with Gasteiger partial charge in [-0.25, -0.2) is 0 Å². The molecule has 3 unspecified atom stereocenters. The van der Waals surface area contributed by atoms with Crippen LogP contribution in [0.25, 0.3) is 0 Å². The van der Waals surface area contributed by atoms with E-state index in [1.807, 2.05) is 0 Å². The van der Waals surface area contributed by atoms with Crippen LogP contribution < -0.4 is 5.32 Å². The van der Waals surface area contributed by atoms with Gasteiger partial charge in [-0.1, -0.05) is 288 Å². The van der Waals surface area contributed by atoms with Gasteiger partial charge in [0.2, 0.25) is 5.91 Å². The number of ether oxygens (including phenoxy) is 1. The highest BCUT2D eigenvalue weighted by molar-refractivity contribution is 5.77. The van der Waals surface area contributed by atoms with E-state index in [0.717, 1.165) is 70.6 Å². The summed E-state index contributed by atoms with van der Waals surface area (Å²) in [5, 5.41) is 23.9. The number of hydrogen-bond acceptors (Lipinski definition) is 5. The second-order valence-electron chi connectivity index (χ2n) is 20.1. The molecule has 0 bridgehead atoms. The summed E-state index contributed by atoms with van der Waals surface area (Å²) in [4.78, 5) is 26.3. The van der Waals surface area contributed by atoms with Gasteiger partial charge < -0.3 is 20.3 Å². The monoisotopic (exact) mass is 940 g/mol. The summed E-state index contributed by atoms with van der Waals surface area (Å²) in [6.07, 6.45) is 67.4. The molecule has 6 heteroatoms. The Hall–Kier alpha value is -2.18. The molecular weight excluding hydrogens is 827 g/mol. The first-order valence-corrected chi connectivity index (χ1v) is 29.4. The Morgan fingerprint density at radius 1 is 0.433 bits per heavy atom. The zero-order valence-corrected chi connectivity index (χ0v) is 44.8. The number of aliphatic hydroxyl groups excluding tert-OH is 2. The third-order valence-electron chi connectivity index (χ3n) is 13.5. The number of amides is 1. The molecule has 0 saturated heterocycles. The number of esters is 1. The van der Waals surface area contributed by atoms with E-state index in [9.17, 15) is 19.8 Å². The molecule has 0 aliphatic rings. The minimum atomic E-state index is -0.799. The number of unbranched alkanes of at least 4 members (excludes halogenated alkanes) is 36. The van der Waals surface area contributed by atoms with E-state index in [4.69, 9.17) is 4.74 Å². The van der Waals surface area contributed by atoms with Crippen molar-refractivity contribution in [3.63, 3.8) is 0 Å². The first kappa shape index (κ1) is 64.8. The number of rotatable bonds is 53. The third kappa shape index (κ3) is 50.0. The van der Waals surface area contributed by atoms with Gasteiger partial charge in [-0.05, 0) is 51.4 Å². The molecule has 3 N–H and O–H groups in total. The zero-order valence-electron chi connectivity index (χ0n) is 44.8. The lowest BCUT2D eigenvalue weighted by Gasteiger charge is -2.24. The maximum absolute atomic E-state index is 13.3. The van der Waals surface area contributed by atoms with Crippen molar-refractivity contribution in [1.29, 1.82) is 0 Å². The van der Waals surface area contributed by atoms with E-state index < -0.39 is 18.2 Å². The molecule has 0 aromatic carbocycles. The van der Waals surface area contributed by atoms with Crippen molar-refractivity contribution < 1.29 is 24.5 Å². The van der Waals surface area contributed by atoms with Crippen molar-refractivity contribution in [2.45, 2.75) is 322 Å². The van der Waals surface area contributed by atoms with Crippen LogP contribution in [0.1, 0.15) is 303 Å². The van der Waals surface area contributed by atoms with Crippen LogP contribution in [0.3, 0.4) is 0 Å². The number of hydrogen-bond donors (Lipinski definition) is 3. The van der Waals surface area contributed by atoms with Crippen molar-refractivity contribution in [2.24, 2.45) is 0 Å². The summed E-state index contributed by atoms with van der Waals surface area (Å²) < 4.78 is 5.95. The van der Waals surface area contributed by atoms with Gasteiger partial charge in [0.15, 0.2) is 0 Å². The van der Waals surface area contributed by atoms with Gasteiger partial charge in [0.25, 0.3) is 0 Å². The molecule has 0 aliphatic heterocycles. The third-order valence-corrected chi connectivity index (χ3v) is 13.5. The Kier molecular flexibility index (Phi) is 53.0. The van der Waals surface area contributed by atoms with E-state index in [-0.39, 0.29) is 24.9 Å². The molecule has 67 heavy (non-hydrogen) atoms. The molecule has 0 radical (unpaired) electrons. The zero-order chi connectivity index (χ0) is 48.8. The SMILES string of the molecule is CCCCC/C=C/C=C/C=C/C=C/CCCCCC(CC(=O)NC(CO)C(O)CCCCCCCCCCCCCCCCCC)OC(=O)CCCCCCCCCCCCCCCCCC. The van der Waals surface area contributed by atoms with E-state index in [2.05, 4.69) is 74.7 Å². The highest BCUT2D eigenvalue weighted by Gasteiger charge is 2.24. The van der Waals surface area contributed by atoms with E-state index in [1.165, 1.54) is 186 Å². The van der Waals surface area contributed by atoms with Gasteiger partial charge in [0, 0.05) is 6.42 Å². The lowest BCUT2D eigenvalue weighted by atomic mass is 10.0. The fourth-order valence-corrected chi connectivity index (χ4v) is 9.03. The molecule has 0 fully saturated rings. The molecule has 0 aliphatic carbocycles. The Morgan fingerprint density at radius 2 is 0.761 bits per heavy atom. The lowest BCUT2D eigenvalue weighted by Crippen LogP contribution is -2.46. The minimum Gasteiger partial charge on any atom is -0.462 e. The molecule has 6 nitrogen and oxygen atoms in total. The van der Waals surface area contributed by atoms with Crippen LogP contribution >= 0.6 is 0 Å². The molecule has 0 spiro atoms. The topological polar surface area (TPSA) is 95.9 Å². The molecule has 0 saturated carbocycles. The molecule has 0 aromatic heterocycles. The van der Waals surface area contributed by atoms with Crippen LogP contribution in [0, 0.1) is 0 Å². The van der Waals surface area contributed by atoms with E-state index >= 15 is 0 Å². The maximum atomic E-state index is 13.3. The molecule has 0 aromatic rings. The number of aliphatic hydroxyl groups is 2. The lowest BCUT2D eigenvalue weighted by molar-refractivity contribution is -0.151. The van der Waals surface area contributed by atoms with Crippen molar-refractivity contribution in [1.82, 2.24) is 5.32 Å². The van der Waals surface area contributed by atoms with E-state index in [0.29, 0.717) is 19.3 Å². The van der Waals surface area contributed by atoms with Crippen LogP contribution in [0.5, 0.6) is 0 Å². The Morgan fingerprint density at radius 3 is 1.18 bits per heavy atom. The molecule has 1 amide bonds.